The van der Waals surface area contributed by atoms with Crippen molar-refractivity contribution in [2.75, 3.05) is 48.3 Å². The lowest BCUT2D eigenvalue weighted by atomic mass is 10.4. The van der Waals surface area contributed by atoms with E-state index in [0.29, 0.717) is 5.95 Å². The van der Waals surface area contributed by atoms with Crippen molar-refractivity contribution in [2.45, 2.75) is 25.7 Å². The van der Waals surface area contributed by atoms with E-state index in [2.05, 4.69) is 30.1 Å². The smallest absolute Gasteiger partial charge is 0.231 e. The molecule has 0 unspecified atom stereocenters. The minimum atomic E-state index is 0.675. The molecule has 0 spiro atoms. The number of aromatic nitrogens is 3. The number of anilines is 3. The zero-order chi connectivity index (χ0) is 12.4. The van der Waals surface area contributed by atoms with E-state index in [4.69, 9.17) is 0 Å². The normalized spacial score (nSPS) is 19.6. The molecular formula is C12H20N6. The largest absolute Gasteiger partial charge is 0.357 e. The molecular weight excluding hydrogens is 228 g/mol. The van der Waals surface area contributed by atoms with E-state index in [1.807, 2.05) is 7.05 Å². The Kier molecular flexibility index (Phi) is 3.17. The molecule has 0 atom stereocenters. The Hall–Kier alpha value is -1.59. The fourth-order valence-corrected chi connectivity index (χ4v) is 2.58. The van der Waals surface area contributed by atoms with Gasteiger partial charge in [-0.1, -0.05) is 0 Å². The Labute approximate surface area is 107 Å². The molecule has 98 valence electrons. The summed E-state index contributed by atoms with van der Waals surface area (Å²) in [6.45, 7) is 4.25. The third kappa shape index (κ3) is 2.19. The van der Waals surface area contributed by atoms with Gasteiger partial charge < -0.3 is 15.1 Å². The summed E-state index contributed by atoms with van der Waals surface area (Å²) in [5, 5.41) is 3.04. The van der Waals surface area contributed by atoms with Gasteiger partial charge in [0.2, 0.25) is 17.8 Å². The van der Waals surface area contributed by atoms with Crippen molar-refractivity contribution in [1.82, 2.24) is 15.0 Å². The highest BCUT2D eigenvalue weighted by atomic mass is 15.4. The summed E-state index contributed by atoms with van der Waals surface area (Å²) in [6, 6.07) is 0. The monoisotopic (exact) mass is 248 g/mol. The molecule has 0 bridgehead atoms. The zero-order valence-corrected chi connectivity index (χ0v) is 10.9. The molecule has 18 heavy (non-hydrogen) atoms. The number of rotatable bonds is 3. The summed E-state index contributed by atoms with van der Waals surface area (Å²) >= 11 is 0. The second-order valence-corrected chi connectivity index (χ2v) is 4.90. The Morgan fingerprint density at radius 2 is 1.22 bits per heavy atom. The summed E-state index contributed by atoms with van der Waals surface area (Å²) in [4.78, 5) is 18.1. The van der Waals surface area contributed by atoms with Crippen LogP contribution in [0.2, 0.25) is 0 Å². The molecule has 3 heterocycles. The maximum atomic E-state index is 4.64. The summed E-state index contributed by atoms with van der Waals surface area (Å²) in [5.41, 5.74) is 0. The molecule has 0 radical (unpaired) electrons. The van der Waals surface area contributed by atoms with E-state index in [9.17, 15) is 0 Å². The van der Waals surface area contributed by atoms with Gasteiger partial charge in [0.05, 0.1) is 0 Å². The lowest BCUT2D eigenvalue weighted by Gasteiger charge is -2.20. The van der Waals surface area contributed by atoms with Crippen molar-refractivity contribution in [1.29, 1.82) is 0 Å². The minimum absolute atomic E-state index is 0.675. The van der Waals surface area contributed by atoms with Gasteiger partial charge in [-0.25, -0.2) is 0 Å². The van der Waals surface area contributed by atoms with E-state index in [1.54, 1.807) is 0 Å². The highest BCUT2D eigenvalue weighted by molar-refractivity contribution is 5.45. The lowest BCUT2D eigenvalue weighted by molar-refractivity contribution is 0.840. The molecule has 6 nitrogen and oxygen atoms in total. The predicted octanol–water partition coefficient (Wildman–Crippen LogP) is 1.11. The molecule has 3 rings (SSSR count). The zero-order valence-electron chi connectivity index (χ0n) is 10.9. The van der Waals surface area contributed by atoms with Crippen molar-refractivity contribution in [3.8, 4) is 0 Å². The van der Waals surface area contributed by atoms with Gasteiger partial charge in [0.1, 0.15) is 0 Å². The van der Waals surface area contributed by atoms with Crippen LogP contribution < -0.4 is 15.1 Å². The van der Waals surface area contributed by atoms with Crippen LogP contribution in [0.3, 0.4) is 0 Å². The molecule has 2 fully saturated rings. The van der Waals surface area contributed by atoms with Crippen LogP contribution in [0, 0.1) is 0 Å². The standard InChI is InChI=1S/C12H20N6/c1-13-10-14-11(17-6-2-3-7-17)16-12(15-10)18-8-4-5-9-18/h2-9H2,1H3,(H,13,14,15,16). The Morgan fingerprint density at radius 3 is 1.61 bits per heavy atom. The number of hydrogen-bond donors (Lipinski definition) is 1. The predicted molar refractivity (Wildman–Crippen MR) is 72.3 cm³/mol. The molecule has 0 aliphatic carbocycles. The SMILES string of the molecule is CNc1nc(N2CCCC2)nc(N2CCCC2)n1. The van der Waals surface area contributed by atoms with E-state index < -0.39 is 0 Å². The average molecular weight is 248 g/mol. The second-order valence-electron chi connectivity index (χ2n) is 4.90. The van der Waals surface area contributed by atoms with Gasteiger partial charge in [0.25, 0.3) is 0 Å². The maximum Gasteiger partial charge on any atom is 0.231 e. The summed E-state index contributed by atoms with van der Waals surface area (Å²) in [6.07, 6.45) is 4.94. The van der Waals surface area contributed by atoms with Gasteiger partial charge in [-0.05, 0) is 25.7 Å². The first-order valence-electron chi connectivity index (χ1n) is 6.80. The van der Waals surface area contributed by atoms with E-state index in [-0.39, 0.29) is 0 Å². The van der Waals surface area contributed by atoms with Crippen molar-refractivity contribution in [3.05, 3.63) is 0 Å². The average Bonchev–Trinajstić information content (AvgIpc) is 3.10. The molecule has 0 aromatic carbocycles. The van der Waals surface area contributed by atoms with Gasteiger partial charge in [0, 0.05) is 33.2 Å². The molecule has 2 saturated heterocycles. The maximum absolute atomic E-state index is 4.64. The highest BCUT2D eigenvalue weighted by Gasteiger charge is 2.21. The minimum Gasteiger partial charge on any atom is -0.357 e. The molecule has 2 aliphatic heterocycles. The van der Waals surface area contributed by atoms with Crippen LogP contribution >= 0.6 is 0 Å². The first kappa shape index (κ1) is 11.5. The fraction of sp³-hybridized carbons (Fsp3) is 0.750. The van der Waals surface area contributed by atoms with Crippen LogP contribution in [0.4, 0.5) is 17.8 Å². The van der Waals surface area contributed by atoms with Crippen molar-refractivity contribution < 1.29 is 0 Å². The van der Waals surface area contributed by atoms with Crippen LogP contribution in [-0.2, 0) is 0 Å². The van der Waals surface area contributed by atoms with Crippen LogP contribution in [0.5, 0.6) is 0 Å². The number of nitrogens with one attached hydrogen (secondary N) is 1. The Bertz CT molecular complexity index is 375. The lowest BCUT2D eigenvalue weighted by Crippen LogP contribution is -2.25. The second kappa shape index (κ2) is 4.96. The quantitative estimate of drug-likeness (QED) is 0.865. The van der Waals surface area contributed by atoms with Gasteiger partial charge in [-0.3, -0.25) is 0 Å². The van der Waals surface area contributed by atoms with Gasteiger partial charge in [-0.2, -0.15) is 15.0 Å². The molecule has 0 saturated carbocycles. The summed E-state index contributed by atoms with van der Waals surface area (Å²) in [5.74, 6) is 2.33. The Balaban J connectivity index is 1.90. The molecule has 1 aromatic rings. The van der Waals surface area contributed by atoms with Crippen LogP contribution in [-0.4, -0.2) is 48.2 Å². The molecule has 2 aliphatic rings. The third-order valence-corrected chi connectivity index (χ3v) is 3.61. The van der Waals surface area contributed by atoms with Crippen molar-refractivity contribution in [2.24, 2.45) is 0 Å². The number of nitrogens with zero attached hydrogens (tertiary/aromatic N) is 5. The molecule has 1 N–H and O–H groups in total. The number of hydrogen-bond acceptors (Lipinski definition) is 6. The molecule has 1 aromatic heterocycles. The Morgan fingerprint density at radius 1 is 0.778 bits per heavy atom. The van der Waals surface area contributed by atoms with Crippen LogP contribution in [0.25, 0.3) is 0 Å². The fourth-order valence-electron chi connectivity index (χ4n) is 2.58. The van der Waals surface area contributed by atoms with Crippen molar-refractivity contribution in [3.63, 3.8) is 0 Å². The molecule has 0 amide bonds. The van der Waals surface area contributed by atoms with E-state index in [0.717, 1.165) is 38.1 Å². The topological polar surface area (TPSA) is 57.2 Å². The first-order valence-corrected chi connectivity index (χ1v) is 6.80. The van der Waals surface area contributed by atoms with Gasteiger partial charge in [0.15, 0.2) is 0 Å². The van der Waals surface area contributed by atoms with Crippen molar-refractivity contribution >= 4 is 17.8 Å². The van der Waals surface area contributed by atoms with Crippen LogP contribution in [0.1, 0.15) is 25.7 Å². The third-order valence-electron chi connectivity index (χ3n) is 3.61. The molecule has 6 heteroatoms. The highest BCUT2D eigenvalue weighted by Crippen LogP contribution is 2.22. The first-order chi connectivity index (χ1) is 8.86. The summed E-state index contributed by atoms with van der Waals surface area (Å²) in [7, 11) is 1.86. The van der Waals surface area contributed by atoms with Crippen LogP contribution in [0.15, 0.2) is 0 Å². The van der Waals surface area contributed by atoms with E-state index in [1.165, 1.54) is 25.7 Å². The van der Waals surface area contributed by atoms with E-state index >= 15 is 0 Å². The summed E-state index contributed by atoms with van der Waals surface area (Å²) < 4.78 is 0. The van der Waals surface area contributed by atoms with Gasteiger partial charge in [-0.15, -0.1) is 0 Å². The van der Waals surface area contributed by atoms with Gasteiger partial charge >= 0.3 is 0 Å².